The second-order valence-electron chi connectivity index (χ2n) is 3.60. The number of aromatic nitrogens is 2. The molecule has 0 saturated heterocycles. The molecule has 0 saturated carbocycles. The number of hydrogen-bond donors (Lipinski definition) is 1. The largest absolute Gasteiger partial charge is 0.337 e. The minimum absolute atomic E-state index is 0.323. The lowest BCUT2D eigenvalue weighted by Gasteiger charge is -2.16. The van der Waals surface area contributed by atoms with Crippen LogP contribution in [0.15, 0.2) is 12.4 Å². The zero-order valence-corrected chi connectivity index (χ0v) is 9.53. The first kappa shape index (κ1) is 11.8. The van der Waals surface area contributed by atoms with Crippen LogP contribution in [0.5, 0.6) is 0 Å². The van der Waals surface area contributed by atoms with Crippen LogP contribution in [0.1, 0.15) is 38.1 Å². The van der Waals surface area contributed by atoms with Crippen LogP contribution >= 0.6 is 0 Å². The third-order valence-electron chi connectivity index (χ3n) is 2.43. The van der Waals surface area contributed by atoms with Crippen LogP contribution in [0.2, 0.25) is 0 Å². The Labute approximate surface area is 91.9 Å². The molecule has 1 heterocycles. The van der Waals surface area contributed by atoms with Gasteiger partial charge < -0.3 is 9.88 Å². The molecule has 0 fully saturated rings. The van der Waals surface area contributed by atoms with Crippen molar-refractivity contribution < 1.29 is 0 Å². The third-order valence-corrected chi connectivity index (χ3v) is 2.43. The first-order valence-electron chi connectivity index (χ1n) is 5.43. The highest BCUT2D eigenvalue weighted by Gasteiger charge is 2.13. The molecule has 0 spiro atoms. The van der Waals surface area contributed by atoms with E-state index in [2.05, 4.69) is 27.7 Å². The lowest BCUT2D eigenvalue weighted by atomic mass is 10.1. The molecular weight excluding hydrogens is 186 g/mol. The normalized spacial score (nSPS) is 12.3. The minimum atomic E-state index is 0.323. The molecule has 0 bridgehead atoms. The van der Waals surface area contributed by atoms with E-state index in [4.69, 9.17) is 6.42 Å². The molecule has 1 atom stereocenters. The van der Waals surface area contributed by atoms with Crippen molar-refractivity contribution in [3.05, 3.63) is 18.2 Å². The lowest BCUT2D eigenvalue weighted by molar-refractivity contribution is 0.467. The topological polar surface area (TPSA) is 29.9 Å². The van der Waals surface area contributed by atoms with Crippen LogP contribution in [0.3, 0.4) is 0 Å². The fraction of sp³-hybridized carbons (Fsp3) is 0.583. The molecule has 0 aliphatic rings. The van der Waals surface area contributed by atoms with Crippen molar-refractivity contribution >= 4 is 0 Å². The van der Waals surface area contributed by atoms with E-state index in [1.54, 1.807) is 0 Å². The number of rotatable bonds is 6. The van der Waals surface area contributed by atoms with Gasteiger partial charge in [-0.15, -0.1) is 12.3 Å². The van der Waals surface area contributed by atoms with Gasteiger partial charge in [-0.3, -0.25) is 0 Å². The molecule has 1 aromatic heterocycles. The highest BCUT2D eigenvalue weighted by atomic mass is 15.1. The van der Waals surface area contributed by atoms with E-state index in [0.29, 0.717) is 6.04 Å². The van der Waals surface area contributed by atoms with Crippen molar-refractivity contribution in [1.82, 2.24) is 14.9 Å². The molecule has 15 heavy (non-hydrogen) atoms. The average Bonchev–Trinajstić information content (AvgIpc) is 2.64. The van der Waals surface area contributed by atoms with E-state index in [-0.39, 0.29) is 0 Å². The van der Waals surface area contributed by atoms with E-state index in [0.717, 1.165) is 31.6 Å². The highest BCUT2D eigenvalue weighted by molar-refractivity contribution is 4.99. The summed E-state index contributed by atoms with van der Waals surface area (Å²) in [5.41, 5.74) is 0. The zero-order valence-electron chi connectivity index (χ0n) is 9.53. The number of aryl methyl sites for hydroxylation is 1. The van der Waals surface area contributed by atoms with Gasteiger partial charge in [-0.25, -0.2) is 4.98 Å². The predicted octanol–water partition coefficient (Wildman–Crippen LogP) is 1.87. The van der Waals surface area contributed by atoms with Gasteiger partial charge in [0.2, 0.25) is 0 Å². The fourth-order valence-corrected chi connectivity index (χ4v) is 1.69. The molecule has 3 nitrogen and oxygen atoms in total. The standard InChI is InChI=1S/C12H19N3/c1-4-6-7-8-11(13-5-2)12-14-9-10-15(12)3/h1,9-11,13H,5-8H2,2-3H3. The summed E-state index contributed by atoms with van der Waals surface area (Å²) in [6.45, 7) is 3.06. The van der Waals surface area contributed by atoms with Crippen LogP contribution < -0.4 is 5.32 Å². The monoisotopic (exact) mass is 205 g/mol. The lowest BCUT2D eigenvalue weighted by Crippen LogP contribution is -2.23. The molecule has 1 rings (SSSR count). The van der Waals surface area contributed by atoms with E-state index >= 15 is 0 Å². The summed E-state index contributed by atoms with van der Waals surface area (Å²) >= 11 is 0. The summed E-state index contributed by atoms with van der Waals surface area (Å²) < 4.78 is 2.06. The number of imidazole rings is 1. The van der Waals surface area contributed by atoms with Crippen LogP contribution in [0.25, 0.3) is 0 Å². The second-order valence-corrected chi connectivity index (χ2v) is 3.60. The van der Waals surface area contributed by atoms with Gasteiger partial charge in [-0.2, -0.15) is 0 Å². The molecule has 0 radical (unpaired) electrons. The van der Waals surface area contributed by atoms with Crippen molar-refractivity contribution in [3.63, 3.8) is 0 Å². The maximum atomic E-state index is 5.25. The van der Waals surface area contributed by atoms with Crippen molar-refractivity contribution in [2.24, 2.45) is 7.05 Å². The van der Waals surface area contributed by atoms with Crippen molar-refractivity contribution in [3.8, 4) is 12.3 Å². The predicted molar refractivity (Wildman–Crippen MR) is 62.3 cm³/mol. The van der Waals surface area contributed by atoms with Gasteiger partial charge in [0.25, 0.3) is 0 Å². The quantitative estimate of drug-likeness (QED) is 0.567. The number of nitrogens with zero attached hydrogens (tertiary/aromatic N) is 2. The van der Waals surface area contributed by atoms with Crippen LogP contribution in [-0.2, 0) is 7.05 Å². The molecule has 1 N–H and O–H groups in total. The fourth-order valence-electron chi connectivity index (χ4n) is 1.69. The maximum absolute atomic E-state index is 5.25. The highest BCUT2D eigenvalue weighted by Crippen LogP contribution is 2.16. The maximum Gasteiger partial charge on any atom is 0.125 e. The SMILES string of the molecule is C#CCCCC(NCC)c1nccn1C. The summed E-state index contributed by atoms with van der Waals surface area (Å²) in [4.78, 5) is 4.36. The van der Waals surface area contributed by atoms with Gasteiger partial charge >= 0.3 is 0 Å². The van der Waals surface area contributed by atoms with Gasteiger partial charge in [0.1, 0.15) is 5.82 Å². The van der Waals surface area contributed by atoms with Crippen molar-refractivity contribution in [2.45, 2.75) is 32.2 Å². The van der Waals surface area contributed by atoms with E-state index in [1.807, 2.05) is 19.4 Å². The third kappa shape index (κ3) is 3.41. The van der Waals surface area contributed by atoms with Crippen molar-refractivity contribution in [1.29, 1.82) is 0 Å². The molecule has 0 aromatic carbocycles. The Bertz CT molecular complexity index is 322. The summed E-state index contributed by atoms with van der Waals surface area (Å²) in [7, 11) is 2.02. The van der Waals surface area contributed by atoms with Crippen LogP contribution in [0, 0.1) is 12.3 Å². The number of unbranched alkanes of at least 4 members (excludes halogenated alkanes) is 1. The number of hydrogen-bond acceptors (Lipinski definition) is 2. The summed E-state index contributed by atoms with van der Waals surface area (Å²) in [6.07, 6.45) is 12.0. The molecule has 0 aliphatic heterocycles. The number of terminal acetylenes is 1. The summed E-state index contributed by atoms with van der Waals surface area (Å²) in [5, 5.41) is 3.43. The first-order chi connectivity index (χ1) is 7.29. The Balaban J connectivity index is 2.58. The molecule has 0 aliphatic carbocycles. The minimum Gasteiger partial charge on any atom is -0.337 e. The number of nitrogens with one attached hydrogen (secondary N) is 1. The molecule has 1 unspecified atom stereocenters. The Kier molecular flexibility index (Phi) is 4.92. The van der Waals surface area contributed by atoms with Gasteiger partial charge in [0.15, 0.2) is 0 Å². The smallest absolute Gasteiger partial charge is 0.125 e. The van der Waals surface area contributed by atoms with Gasteiger partial charge in [-0.05, 0) is 19.4 Å². The van der Waals surface area contributed by atoms with Crippen LogP contribution in [-0.4, -0.2) is 16.1 Å². The van der Waals surface area contributed by atoms with Crippen LogP contribution in [0.4, 0.5) is 0 Å². The molecule has 0 amide bonds. The van der Waals surface area contributed by atoms with Crippen molar-refractivity contribution in [2.75, 3.05) is 6.54 Å². The van der Waals surface area contributed by atoms with Gasteiger partial charge in [0, 0.05) is 25.9 Å². The van der Waals surface area contributed by atoms with Gasteiger partial charge in [0.05, 0.1) is 6.04 Å². The Morgan fingerprint density at radius 3 is 3.00 bits per heavy atom. The molecule has 82 valence electrons. The van der Waals surface area contributed by atoms with Gasteiger partial charge in [-0.1, -0.05) is 6.92 Å². The summed E-state index contributed by atoms with van der Waals surface area (Å²) in [5.74, 6) is 3.76. The molecular formula is C12H19N3. The van der Waals surface area contributed by atoms with E-state index in [1.165, 1.54) is 0 Å². The molecule has 1 aromatic rings. The Morgan fingerprint density at radius 1 is 1.67 bits per heavy atom. The Morgan fingerprint density at radius 2 is 2.47 bits per heavy atom. The average molecular weight is 205 g/mol. The van der Waals surface area contributed by atoms with E-state index < -0.39 is 0 Å². The first-order valence-corrected chi connectivity index (χ1v) is 5.43. The Hall–Kier alpha value is -1.27. The molecule has 3 heteroatoms. The summed E-state index contributed by atoms with van der Waals surface area (Å²) in [6, 6.07) is 0.323. The second kappa shape index (κ2) is 6.26. The van der Waals surface area contributed by atoms with E-state index in [9.17, 15) is 0 Å². The zero-order chi connectivity index (χ0) is 11.1.